The van der Waals surface area contributed by atoms with Gasteiger partial charge in [0.05, 0.1) is 11.8 Å². The Balaban J connectivity index is 1.90. The van der Waals surface area contributed by atoms with Crippen molar-refractivity contribution >= 4 is 11.9 Å². The zero-order chi connectivity index (χ0) is 16.1. The molecule has 1 aliphatic rings. The Bertz CT molecular complexity index is 527. The van der Waals surface area contributed by atoms with E-state index in [9.17, 15) is 9.59 Å². The lowest BCUT2D eigenvalue weighted by molar-refractivity contribution is -0.136. The third kappa shape index (κ3) is 4.12. The van der Waals surface area contributed by atoms with Gasteiger partial charge >= 0.3 is 5.97 Å². The highest BCUT2D eigenvalue weighted by molar-refractivity contribution is 5.97. The summed E-state index contributed by atoms with van der Waals surface area (Å²) in [6.45, 7) is 4.65. The molecule has 1 amide bonds. The van der Waals surface area contributed by atoms with E-state index < -0.39 is 5.97 Å². The standard InChI is InChI=1S/C17H25NO4/c1-3-12-4-6-13(7-5-12)9-18-17(21)16-11(2)10-22-14(16)8-15(19)20/h10,12-13H,3-9H2,1-2H3,(H,18,21)(H,19,20). The van der Waals surface area contributed by atoms with E-state index in [1.165, 1.54) is 25.5 Å². The number of hydrogen-bond donors (Lipinski definition) is 2. The van der Waals surface area contributed by atoms with Crippen LogP contribution in [-0.4, -0.2) is 23.5 Å². The van der Waals surface area contributed by atoms with Crippen molar-refractivity contribution in [3.05, 3.63) is 23.2 Å². The van der Waals surface area contributed by atoms with Gasteiger partial charge in [-0.05, 0) is 31.6 Å². The number of carbonyl (C=O) groups excluding carboxylic acids is 1. The molecule has 122 valence electrons. The van der Waals surface area contributed by atoms with Crippen molar-refractivity contribution in [2.75, 3.05) is 6.54 Å². The predicted molar refractivity (Wildman–Crippen MR) is 82.9 cm³/mol. The molecule has 1 fully saturated rings. The van der Waals surface area contributed by atoms with Crippen LogP contribution in [0.2, 0.25) is 0 Å². The summed E-state index contributed by atoms with van der Waals surface area (Å²) in [6, 6.07) is 0. The van der Waals surface area contributed by atoms with Crippen LogP contribution in [0, 0.1) is 18.8 Å². The number of amides is 1. The van der Waals surface area contributed by atoms with E-state index >= 15 is 0 Å². The van der Waals surface area contributed by atoms with Gasteiger partial charge in [0.15, 0.2) is 0 Å². The fourth-order valence-corrected chi connectivity index (χ4v) is 3.24. The van der Waals surface area contributed by atoms with Crippen LogP contribution in [0.3, 0.4) is 0 Å². The minimum Gasteiger partial charge on any atom is -0.481 e. The molecule has 0 saturated heterocycles. The molecular formula is C17H25NO4. The maximum Gasteiger partial charge on any atom is 0.311 e. The molecule has 0 aromatic carbocycles. The Labute approximate surface area is 131 Å². The second-order valence-corrected chi connectivity index (χ2v) is 6.29. The van der Waals surface area contributed by atoms with E-state index in [1.807, 2.05) is 0 Å². The molecule has 1 heterocycles. The molecule has 2 N–H and O–H groups in total. The number of rotatable bonds is 6. The van der Waals surface area contributed by atoms with Crippen molar-refractivity contribution in [2.24, 2.45) is 11.8 Å². The van der Waals surface area contributed by atoms with Gasteiger partial charge < -0.3 is 14.8 Å². The highest BCUT2D eigenvalue weighted by Crippen LogP contribution is 2.30. The zero-order valence-corrected chi connectivity index (χ0v) is 13.4. The number of aryl methyl sites for hydroxylation is 1. The lowest BCUT2D eigenvalue weighted by Gasteiger charge is -2.27. The first-order valence-corrected chi connectivity index (χ1v) is 8.08. The fraction of sp³-hybridized carbons (Fsp3) is 0.647. The van der Waals surface area contributed by atoms with E-state index in [4.69, 9.17) is 9.52 Å². The van der Waals surface area contributed by atoms with E-state index in [0.29, 0.717) is 23.6 Å². The molecule has 1 aromatic heterocycles. The van der Waals surface area contributed by atoms with Crippen LogP contribution in [0.25, 0.3) is 0 Å². The van der Waals surface area contributed by atoms with Crippen molar-refractivity contribution in [1.29, 1.82) is 0 Å². The van der Waals surface area contributed by atoms with Gasteiger partial charge in [0.1, 0.15) is 12.2 Å². The lowest BCUT2D eigenvalue weighted by atomic mass is 9.81. The smallest absolute Gasteiger partial charge is 0.311 e. The van der Waals surface area contributed by atoms with Gasteiger partial charge in [-0.15, -0.1) is 0 Å². The first-order valence-electron chi connectivity index (χ1n) is 8.08. The van der Waals surface area contributed by atoms with Gasteiger partial charge in [0.25, 0.3) is 5.91 Å². The molecule has 0 aliphatic heterocycles. The van der Waals surface area contributed by atoms with Crippen molar-refractivity contribution in [3.63, 3.8) is 0 Å². The molecule has 0 atom stereocenters. The molecule has 2 rings (SSSR count). The third-order valence-electron chi connectivity index (χ3n) is 4.68. The second kappa shape index (κ2) is 7.47. The first kappa shape index (κ1) is 16.6. The average Bonchev–Trinajstić information content (AvgIpc) is 2.85. The van der Waals surface area contributed by atoms with Gasteiger partial charge in [0.2, 0.25) is 0 Å². The Hall–Kier alpha value is -1.78. The van der Waals surface area contributed by atoms with Gasteiger partial charge in [-0.1, -0.05) is 26.2 Å². The van der Waals surface area contributed by atoms with E-state index in [1.54, 1.807) is 6.92 Å². The summed E-state index contributed by atoms with van der Waals surface area (Å²) in [4.78, 5) is 23.2. The molecule has 5 nitrogen and oxygen atoms in total. The van der Waals surface area contributed by atoms with E-state index in [0.717, 1.165) is 18.8 Å². The monoisotopic (exact) mass is 307 g/mol. The minimum atomic E-state index is -0.999. The molecule has 5 heteroatoms. The second-order valence-electron chi connectivity index (χ2n) is 6.29. The number of aliphatic carboxylic acids is 1. The van der Waals surface area contributed by atoms with Crippen LogP contribution in [-0.2, 0) is 11.2 Å². The van der Waals surface area contributed by atoms with Crippen LogP contribution in [0.15, 0.2) is 10.7 Å². The van der Waals surface area contributed by atoms with Crippen LogP contribution in [0.1, 0.15) is 60.7 Å². The quantitative estimate of drug-likeness (QED) is 0.846. The van der Waals surface area contributed by atoms with Gasteiger partial charge in [-0.2, -0.15) is 0 Å². The Morgan fingerprint density at radius 1 is 1.27 bits per heavy atom. The van der Waals surface area contributed by atoms with Gasteiger partial charge in [-0.3, -0.25) is 9.59 Å². The van der Waals surface area contributed by atoms with Crippen molar-refractivity contribution < 1.29 is 19.1 Å². The lowest BCUT2D eigenvalue weighted by Crippen LogP contribution is -2.32. The van der Waals surface area contributed by atoms with Gasteiger partial charge in [-0.25, -0.2) is 0 Å². The largest absolute Gasteiger partial charge is 0.481 e. The first-order chi connectivity index (χ1) is 10.5. The van der Waals surface area contributed by atoms with Crippen LogP contribution < -0.4 is 5.32 Å². The molecule has 1 aliphatic carbocycles. The summed E-state index contributed by atoms with van der Waals surface area (Å²) >= 11 is 0. The molecule has 0 bridgehead atoms. The summed E-state index contributed by atoms with van der Waals surface area (Å²) in [5, 5.41) is 11.8. The topological polar surface area (TPSA) is 79.5 Å². The molecule has 1 aromatic rings. The number of carboxylic acids is 1. The SMILES string of the molecule is CCC1CCC(CNC(=O)c2c(C)coc2CC(=O)O)CC1. The van der Waals surface area contributed by atoms with Crippen molar-refractivity contribution in [2.45, 2.75) is 52.4 Å². The van der Waals surface area contributed by atoms with E-state index in [2.05, 4.69) is 12.2 Å². The minimum absolute atomic E-state index is 0.222. The molecule has 0 unspecified atom stereocenters. The van der Waals surface area contributed by atoms with Crippen molar-refractivity contribution in [3.8, 4) is 0 Å². The summed E-state index contributed by atoms with van der Waals surface area (Å²) in [5.74, 6) is 0.380. The van der Waals surface area contributed by atoms with Crippen molar-refractivity contribution in [1.82, 2.24) is 5.32 Å². The molecule has 0 spiro atoms. The summed E-state index contributed by atoms with van der Waals surface area (Å²) in [7, 11) is 0. The van der Waals surface area contributed by atoms with E-state index in [-0.39, 0.29) is 18.1 Å². The normalized spacial score (nSPS) is 21.5. The highest BCUT2D eigenvalue weighted by atomic mass is 16.4. The average molecular weight is 307 g/mol. The number of hydrogen-bond acceptors (Lipinski definition) is 3. The number of nitrogens with one attached hydrogen (secondary N) is 1. The number of furan rings is 1. The predicted octanol–water partition coefficient (Wildman–Crippen LogP) is 3.16. The summed E-state index contributed by atoms with van der Waals surface area (Å²) < 4.78 is 5.21. The highest BCUT2D eigenvalue weighted by Gasteiger charge is 2.23. The Morgan fingerprint density at radius 2 is 1.91 bits per heavy atom. The third-order valence-corrected chi connectivity index (χ3v) is 4.68. The summed E-state index contributed by atoms with van der Waals surface area (Å²) in [5.41, 5.74) is 1.06. The molecule has 1 saturated carbocycles. The fourth-order valence-electron chi connectivity index (χ4n) is 3.24. The number of carboxylic acid groups (broad SMARTS) is 1. The summed E-state index contributed by atoms with van der Waals surface area (Å²) in [6.07, 6.45) is 7.22. The Morgan fingerprint density at radius 3 is 2.50 bits per heavy atom. The number of carbonyl (C=O) groups is 2. The van der Waals surface area contributed by atoms with Gasteiger partial charge in [0, 0.05) is 12.1 Å². The van der Waals surface area contributed by atoms with Crippen LogP contribution >= 0.6 is 0 Å². The maximum absolute atomic E-state index is 12.3. The van der Waals surface area contributed by atoms with Crippen LogP contribution in [0.5, 0.6) is 0 Å². The zero-order valence-electron chi connectivity index (χ0n) is 13.4. The molecule has 22 heavy (non-hydrogen) atoms. The Kier molecular flexibility index (Phi) is 5.63. The van der Waals surface area contributed by atoms with Crippen LogP contribution in [0.4, 0.5) is 0 Å². The molecular weight excluding hydrogens is 282 g/mol. The maximum atomic E-state index is 12.3. The molecule has 0 radical (unpaired) electrons.